The van der Waals surface area contributed by atoms with Crippen LogP contribution in [0.25, 0.3) is 0 Å². The molecule has 3 nitrogen and oxygen atoms in total. The topological polar surface area (TPSA) is 38.5 Å². The van der Waals surface area contributed by atoms with Crippen LogP contribution < -0.4 is 15.4 Å². The van der Waals surface area contributed by atoms with E-state index in [1.54, 1.807) is 0 Å². The standard InChI is InChI=1S/C16H26N2O/c1-11(2)13-6-7-15-14(8-13)18(12(3)9-17)10-16(4,5)19-15/h6-8,11-12H,9-10,17H2,1-5H3. The van der Waals surface area contributed by atoms with Crippen LogP contribution in [0.2, 0.25) is 0 Å². The average Bonchev–Trinajstić information content (AvgIpc) is 2.35. The van der Waals surface area contributed by atoms with Gasteiger partial charge in [0.05, 0.1) is 12.2 Å². The second kappa shape index (κ2) is 5.04. The molecule has 0 aliphatic carbocycles. The number of benzene rings is 1. The number of fused-ring (bicyclic) bond motifs is 1. The van der Waals surface area contributed by atoms with Crippen LogP contribution in [-0.4, -0.2) is 24.7 Å². The highest BCUT2D eigenvalue weighted by molar-refractivity contribution is 5.63. The maximum atomic E-state index is 6.10. The van der Waals surface area contributed by atoms with E-state index in [1.807, 2.05) is 0 Å². The van der Waals surface area contributed by atoms with Crippen molar-refractivity contribution in [3.8, 4) is 5.75 Å². The van der Waals surface area contributed by atoms with Crippen LogP contribution in [-0.2, 0) is 0 Å². The minimum absolute atomic E-state index is 0.171. The normalized spacial score (nSPS) is 19.0. The Morgan fingerprint density at radius 2 is 2.00 bits per heavy atom. The van der Waals surface area contributed by atoms with E-state index in [1.165, 1.54) is 11.3 Å². The van der Waals surface area contributed by atoms with Crippen LogP contribution in [0.1, 0.15) is 46.1 Å². The molecule has 0 spiro atoms. The van der Waals surface area contributed by atoms with E-state index in [9.17, 15) is 0 Å². The largest absolute Gasteiger partial charge is 0.484 e. The lowest BCUT2D eigenvalue weighted by atomic mass is 9.98. The van der Waals surface area contributed by atoms with Crippen molar-refractivity contribution in [1.82, 2.24) is 0 Å². The number of hydrogen-bond donors (Lipinski definition) is 1. The summed E-state index contributed by atoms with van der Waals surface area (Å²) >= 11 is 0. The second-order valence-electron chi connectivity index (χ2n) is 6.46. The molecular weight excluding hydrogens is 236 g/mol. The fourth-order valence-corrected chi connectivity index (χ4v) is 2.55. The minimum atomic E-state index is -0.171. The van der Waals surface area contributed by atoms with Gasteiger partial charge in [-0.05, 0) is 44.4 Å². The van der Waals surface area contributed by atoms with Crippen molar-refractivity contribution < 1.29 is 4.74 Å². The van der Waals surface area contributed by atoms with Gasteiger partial charge in [0.25, 0.3) is 0 Å². The van der Waals surface area contributed by atoms with Crippen LogP contribution in [0.3, 0.4) is 0 Å². The molecule has 1 aliphatic heterocycles. The van der Waals surface area contributed by atoms with Gasteiger partial charge in [0, 0.05) is 12.6 Å². The summed E-state index contributed by atoms with van der Waals surface area (Å²) in [6, 6.07) is 6.84. The SMILES string of the molecule is CC(C)c1ccc2c(c1)N(C(C)CN)CC(C)(C)O2. The van der Waals surface area contributed by atoms with E-state index in [0.29, 0.717) is 18.5 Å². The van der Waals surface area contributed by atoms with Gasteiger partial charge in [-0.3, -0.25) is 0 Å². The van der Waals surface area contributed by atoms with Gasteiger partial charge in [-0.2, -0.15) is 0 Å². The first-order valence-electron chi connectivity index (χ1n) is 7.14. The lowest BCUT2D eigenvalue weighted by Gasteiger charge is -2.43. The first-order valence-corrected chi connectivity index (χ1v) is 7.14. The maximum absolute atomic E-state index is 6.10. The summed E-state index contributed by atoms with van der Waals surface area (Å²) in [6.45, 7) is 12.4. The molecule has 1 atom stereocenters. The smallest absolute Gasteiger partial charge is 0.143 e. The summed E-state index contributed by atoms with van der Waals surface area (Å²) in [5.74, 6) is 1.50. The molecule has 106 valence electrons. The third-order valence-corrected chi connectivity index (χ3v) is 3.77. The van der Waals surface area contributed by atoms with Crippen LogP contribution in [0.15, 0.2) is 18.2 Å². The Kier molecular flexibility index (Phi) is 3.77. The third-order valence-electron chi connectivity index (χ3n) is 3.77. The number of nitrogens with two attached hydrogens (primary N) is 1. The van der Waals surface area contributed by atoms with Gasteiger partial charge >= 0.3 is 0 Å². The van der Waals surface area contributed by atoms with Crippen molar-refractivity contribution in [2.45, 2.75) is 52.2 Å². The summed E-state index contributed by atoms with van der Waals surface area (Å²) in [7, 11) is 0. The Hall–Kier alpha value is -1.22. The van der Waals surface area contributed by atoms with Gasteiger partial charge in [0.1, 0.15) is 11.4 Å². The van der Waals surface area contributed by atoms with Crippen molar-refractivity contribution in [2.75, 3.05) is 18.0 Å². The Balaban J connectivity index is 2.45. The zero-order chi connectivity index (χ0) is 14.2. The predicted octanol–water partition coefficient (Wildman–Crippen LogP) is 3.13. The summed E-state index contributed by atoms with van der Waals surface area (Å²) < 4.78 is 6.10. The number of ether oxygens (including phenoxy) is 1. The number of nitrogens with zero attached hydrogens (tertiary/aromatic N) is 1. The lowest BCUT2D eigenvalue weighted by molar-refractivity contribution is 0.102. The zero-order valence-electron chi connectivity index (χ0n) is 12.7. The third kappa shape index (κ3) is 2.86. The molecule has 2 N–H and O–H groups in total. The van der Waals surface area contributed by atoms with Crippen molar-refractivity contribution in [3.05, 3.63) is 23.8 Å². The molecule has 1 aromatic carbocycles. The van der Waals surface area contributed by atoms with Crippen molar-refractivity contribution >= 4 is 5.69 Å². The maximum Gasteiger partial charge on any atom is 0.143 e. The van der Waals surface area contributed by atoms with Gasteiger partial charge in [-0.25, -0.2) is 0 Å². The Morgan fingerprint density at radius 1 is 1.32 bits per heavy atom. The van der Waals surface area contributed by atoms with Crippen molar-refractivity contribution in [3.63, 3.8) is 0 Å². The van der Waals surface area contributed by atoms with E-state index >= 15 is 0 Å². The van der Waals surface area contributed by atoms with Crippen molar-refractivity contribution in [1.29, 1.82) is 0 Å². The summed E-state index contributed by atoms with van der Waals surface area (Å²) in [5, 5.41) is 0. The second-order valence-corrected chi connectivity index (χ2v) is 6.46. The molecule has 1 unspecified atom stereocenters. The molecule has 19 heavy (non-hydrogen) atoms. The molecule has 2 rings (SSSR count). The molecule has 1 aromatic rings. The van der Waals surface area contributed by atoms with Gasteiger partial charge in [0.2, 0.25) is 0 Å². The molecule has 0 saturated heterocycles. The van der Waals surface area contributed by atoms with Gasteiger partial charge in [-0.15, -0.1) is 0 Å². The van der Waals surface area contributed by atoms with Crippen LogP contribution in [0.5, 0.6) is 5.75 Å². The number of rotatable bonds is 3. The highest BCUT2D eigenvalue weighted by atomic mass is 16.5. The molecule has 3 heteroatoms. The zero-order valence-corrected chi connectivity index (χ0v) is 12.7. The molecule has 0 saturated carbocycles. The molecule has 0 bridgehead atoms. The van der Waals surface area contributed by atoms with E-state index in [-0.39, 0.29) is 5.60 Å². The minimum Gasteiger partial charge on any atom is -0.484 e. The Morgan fingerprint density at radius 3 is 2.58 bits per heavy atom. The Bertz CT molecular complexity index is 454. The molecule has 1 heterocycles. The van der Waals surface area contributed by atoms with Crippen LogP contribution >= 0.6 is 0 Å². The molecular formula is C16H26N2O. The quantitative estimate of drug-likeness (QED) is 0.909. The molecule has 0 aromatic heterocycles. The number of hydrogen-bond acceptors (Lipinski definition) is 3. The van der Waals surface area contributed by atoms with E-state index in [2.05, 4.69) is 57.7 Å². The Labute approximate surface area is 116 Å². The van der Waals surface area contributed by atoms with E-state index in [4.69, 9.17) is 10.5 Å². The van der Waals surface area contributed by atoms with E-state index < -0.39 is 0 Å². The molecule has 0 amide bonds. The fourth-order valence-electron chi connectivity index (χ4n) is 2.55. The summed E-state index contributed by atoms with van der Waals surface area (Å²) in [5.41, 5.74) is 8.22. The van der Waals surface area contributed by atoms with E-state index in [0.717, 1.165) is 12.3 Å². The van der Waals surface area contributed by atoms with Gasteiger partial charge < -0.3 is 15.4 Å². The highest BCUT2D eigenvalue weighted by Crippen LogP contribution is 2.39. The lowest BCUT2D eigenvalue weighted by Crippen LogP contribution is -2.52. The van der Waals surface area contributed by atoms with Crippen LogP contribution in [0, 0.1) is 0 Å². The monoisotopic (exact) mass is 262 g/mol. The predicted molar refractivity (Wildman–Crippen MR) is 81.1 cm³/mol. The molecule has 1 aliphatic rings. The first-order chi connectivity index (χ1) is 8.84. The average molecular weight is 262 g/mol. The van der Waals surface area contributed by atoms with Crippen LogP contribution in [0.4, 0.5) is 5.69 Å². The first kappa shape index (κ1) is 14.2. The molecule has 0 radical (unpaired) electrons. The van der Waals surface area contributed by atoms with Gasteiger partial charge in [-0.1, -0.05) is 19.9 Å². The fraction of sp³-hybridized carbons (Fsp3) is 0.625. The number of anilines is 1. The summed E-state index contributed by atoms with van der Waals surface area (Å²) in [6.07, 6.45) is 0. The van der Waals surface area contributed by atoms with Gasteiger partial charge in [0.15, 0.2) is 0 Å². The van der Waals surface area contributed by atoms with Crippen molar-refractivity contribution in [2.24, 2.45) is 5.73 Å². The highest BCUT2D eigenvalue weighted by Gasteiger charge is 2.33. The summed E-state index contributed by atoms with van der Waals surface area (Å²) in [4.78, 5) is 2.38. The molecule has 0 fully saturated rings.